The second kappa shape index (κ2) is 7.90. The van der Waals surface area contributed by atoms with Gasteiger partial charge in [-0.1, -0.05) is 12.1 Å². The van der Waals surface area contributed by atoms with E-state index in [2.05, 4.69) is 20.1 Å². The van der Waals surface area contributed by atoms with E-state index in [0.29, 0.717) is 12.4 Å². The first-order valence-corrected chi connectivity index (χ1v) is 8.51. The molecule has 7 nitrogen and oxygen atoms in total. The molecule has 3 rings (SSSR count). The van der Waals surface area contributed by atoms with Crippen molar-refractivity contribution in [2.24, 2.45) is 0 Å². The standard InChI is InChI=1S/C20H22N4O3/c1-13-5-6-15(11-16(13)12-21-20(25)27-4)17-9-10-24(23-17)18-7-8-19(26-3)22-14(18)2/h5-11H,12H2,1-4H3,(H,21,25). The maximum Gasteiger partial charge on any atom is 0.407 e. The molecule has 27 heavy (non-hydrogen) atoms. The van der Waals surface area contributed by atoms with Crippen molar-refractivity contribution in [3.8, 4) is 22.8 Å². The molecule has 0 aliphatic rings. The number of nitrogens with zero attached hydrogens (tertiary/aromatic N) is 3. The summed E-state index contributed by atoms with van der Waals surface area (Å²) < 4.78 is 11.6. The van der Waals surface area contributed by atoms with Gasteiger partial charge in [-0.3, -0.25) is 0 Å². The molecule has 2 heterocycles. The summed E-state index contributed by atoms with van der Waals surface area (Å²) in [7, 11) is 2.94. The molecular formula is C20H22N4O3. The number of carbonyl (C=O) groups excluding carboxylic acids is 1. The van der Waals surface area contributed by atoms with Crippen LogP contribution >= 0.6 is 0 Å². The Hall–Kier alpha value is -3.35. The third-order valence-corrected chi connectivity index (χ3v) is 4.33. The van der Waals surface area contributed by atoms with Crippen molar-refractivity contribution < 1.29 is 14.3 Å². The smallest absolute Gasteiger partial charge is 0.407 e. The summed E-state index contributed by atoms with van der Waals surface area (Å²) in [6.45, 7) is 4.32. The van der Waals surface area contributed by atoms with Crippen LogP contribution in [0.1, 0.15) is 16.8 Å². The summed E-state index contributed by atoms with van der Waals surface area (Å²) >= 11 is 0. The van der Waals surface area contributed by atoms with E-state index in [1.165, 1.54) is 7.11 Å². The van der Waals surface area contributed by atoms with E-state index in [-0.39, 0.29) is 0 Å². The van der Waals surface area contributed by atoms with E-state index in [9.17, 15) is 4.79 Å². The van der Waals surface area contributed by atoms with Crippen molar-refractivity contribution in [2.45, 2.75) is 20.4 Å². The van der Waals surface area contributed by atoms with Crippen molar-refractivity contribution in [3.63, 3.8) is 0 Å². The minimum atomic E-state index is -0.452. The van der Waals surface area contributed by atoms with E-state index < -0.39 is 6.09 Å². The first-order valence-electron chi connectivity index (χ1n) is 8.51. The highest BCUT2D eigenvalue weighted by Crippen LogP contribution is 2.23. The highest BCUT2D eigenvalue weighted by Gasteiger charge is 2.10. The Kier molecular flexibility index (Phi) is 5.40. The maximum absolute atomic E-state index is 11.3. The normalized spacial score (nSPS) is 10.5. The summed E-state index contributed by atoms with van der Waals surface area (Å²) in [5.74, 6) is 0.574. The van der Waals surface area contributed by atoms with Gasteiger partial charge in [0.25, 0.3) is 0 Å². The van der Waals surface area contributed by atoms with E-state index in [0.717, 1.165) is 33.8 Å². The zero-order chi connectivity index (χ0) is 19.4. The number of nitrogens with one attached hydrogen (secondary N) is 1. The lowest BCUT2D eigenvalue weighted by Gasteiger charge is -2.09. The molecule has 0 aliphatic carbocycles. The van der Waals surface area contributed by atoms with Crippen LogP contribution in [0.15, 0.2) is 42.6 Å². The molecule has 0 bridgehead atoms. The van der Waals surface area contributed by atoms with Crippen LogP contribution in [0.3, 0.4) is 0 Å². The van der Waals surface area contributed by atoms with E-state index in [1.54, 1.807) is 11.8 Å². The Labute approximate surface area is 158 Å². The molecule has 1 aromatic carbocycles. The fraction of sp³-hybridized carbons (Fsp3) is 0.250. The van der Waals surface area contributed by atoms with Crippen molar-refractivity contribution in [3.05, 3.63) is 59.4 Å². The van der Waals surface area contributed by atoms with Gasteiger partial charge in [0, 0.05) is 24.4 Å². The van der Waals surface area contributed by atoms with Crippen LogP contribution < -0.4 is 10.1 Å². The number of hydrogen-bond acceptors (Lipinski definition) is 5. The van der Waals surface area contributed by atoms with Crippen LogP contribution in [-0.4, -0.2) is 35.1 Å². The van der Waals surface area contributed by atoms with Crippen LogP contribution in [0.25, 0.3) is 16.9 Å². The molecule has 0 spiro atoms. The van der Waals surface area contributed by atoms with Gasteiger partial charge in [-0.05, 0) is 43.2 Å². The second-order valence-corrected chi connectivity index (χ2v) is 6.09. The highest BCUT2D eigenvalue weighted by molar-refractivity contribution is 5.67. The molecule has 0 unspecified atom stereocenters. The number of rotatable bonds is 5. The van der Waals surface area contributed by atoms with Crippen LogP contribution in [0.2, 0.25) is 0 Å². The Morgan fingerprint density at radius 1 is 1.15 bits per heavy atom. The monoisotopic (exact) mass is 366 g/mol. The van der Waals surface area contributed by atoms with Crippen LogP contribution in [-0.2, 0) is 11.3 Å². The van der Waals surface area contributed by atoms with Gasteiger partial charge < -0.3 is 14.8 Å². The molecule has 0 saturated carbocycles. The summed E-state index contributed by atoms with van der Waals surface area (Å²) in [5, 5.41) is 7.38. The van der Waals surface area contributed by atoms with Crippen LogP contribution in [0.4, 0.5) is 4.79 Å². The summed E-state index contributed by atoms with van der Waals surface area (Å²) in [6, 6.07) is 11.7. The zero-order valence-electron chi connectivity index (χ0n) is 15.8. The largest absolute Gasteiger partial charge is 0.481 e. The minimum Gasteiger partial charge on any atom is -0.481 e. The Balaban J connectivity index is 1.87. The van der Waals surface area contributed by atoms with Gasteiger partial charge in [0.2, 0.25) is 5.88 Å². The number of hydrogen-bond donors (Lipinski definition) is 1. The number of aromatic nitrogens is 3. The fourth-order valence-corrected chi connectivity index (χ4v) is 2.76. The Morgan fingerprint density at radius 2 is 1.96 bits per heavy atom. The lowest BCUT2D eigenvalue weighted by atomic mass is 10.0. The number of aryl methyl sites for hydroxylation is 2. The molecule has 2 aromatic heterocycles. The molecule has 3 aromatic rings. The Morgan fingerprint density at radius 3 is 2.67 bits per heavy atom. The van der Waals surface area contributed by atoms with Gasteiger partial charge in [0.1, 0.15) is 0 Å². The minimum absolute atomic E-state index is 0.397. The van der Waals surface area contributed by atoms with Gasteiger partial charge in [-0.25, -0.2) is 14.5 Å². The lowest BCUT2D eigenvalue weighted by molar-refractivity contribution is 0.170. The molecular weight excluding hydrogens is 344 g/mol. The quantitative estimate of drug-likeness (QED) is 0.749. The maximum atomic E-state index is 11.3. The van der Waals surface area contributed by atoms with Crippen molar-refractivity contribution in [1.29, 1.82) is 0 Å². The second-order valence-electron chi connectivity index (χ2n) is 6.09. The Bertz CT molecular complexity index is 966. The molecule has 0 atom stereocenters. The molecule has 7 heteroatoms. The fourth-order valence-electron chi connectivity index (χ4n) is 2.76. The first kappa shape index (κ1) is 18.4. The molecule has 1 N–H and O–H groups in total. The molecule has 0 aliphatic heterocycles. The third-order valence-electron chi connectivity index (χ3n) is 4.33. The van der Waals surface area contributed by atoms with E-state index >= 15 is 0 Å². The van der Waals surface area contributed by atoms with Gasteiger partial charge in [-0.2, -0.15) is 5.10 Å². The van der Waals surface area contributed by atoms with Gasteiger partial charge >= 0.3 is 6.09 Å². The molecule has 0 saturated heterocycles. The van der Waals surface area contributed by atoms with Gasteiger partial charge in [0.05, 0.1) is 31.3 Å². The number of carbonyl (C=O) groups is 1. The predicted octanol–water partition coefficient (Wildman–Crippen LogP) is 3.42. The summed E-state index contributed by atoms with van der Waals surface area (Å²) in [6.07, 6.45) is 1.45. The van der Waals surface area contributed by atoms with E-state index in [1.807, 2.05) is 56.4 Å². The van der Waals surface area contributed by atoms with Gasteiger partial charge in [0.15, 0.2) is 0 Å². The predicted molar refractivity (Wildman–Crippen MR) is 102 cm³/mol. The third kappa shape index (κ3) is 4.08. The number of pyridine rings is 1. The number of methoxy groups -OCH3 is 2. The average molecular weight is 366 g/mol. The molecule has 1 amide bonds. The van der Waals surface area contributed by atoms with Crippen molar-refractivity contribution >= 4 is 6.09 Å². The highest BCUT2D eigenvalue weighted by atomic mass is 16.5. The van der Waals surface area contributed by atoms with Crippen LogP contribution in [0.5, 0.6) is 5.88 Å². The number of benzene rings is 1. The lowest BCUT2D eigenvalue weighted by Crippen LogP contribution is -2.22. The van der Waals surface area contributed by atoms with Crippen molar-refractivity contribution in [1.82, 2.24) is 20.1 Å². The topological polar surface area (TPSA) is 78.3 Å². The number of alkyl carbamates (subject to hydrolysis) is 1. The molecule has 140 valence electrons. The molecule has 0 radical (unpaired) electrons. The summed E-state index contributed by atoms with van der Waals surface area (Å²) in [4.78, 5) is 15.7. The zero-order valence-corrected chi connectivity index (χ0v) is 15.8. The SMILES string of the molecule is COC(=O)NCc1cc(-c2ccn(-c3ccc(OC)nc3C)n2)ccc1C. The molecule has 0 fully saturated rings. The first-order chi connectivity index (χ1) is 13.0. The number of amides is 1. The summed E-state index contributed by atoms with van der Waals surface area (Å²) in [5.41, 5.74) is 5.63. The van der Waals surface area contributed by atoms with E-state index in [4.69, 9.17) is 4.74 Å². The van der Waals surface area contributed by atoms with Gasteiger partial charge in [-0.15, -0.1) is 0 Å². The van der Waals surface area contributed by atoms with Crippen LogP contribution in [0, 0.1) is 13.8 Å². The van der Waals surface area contributed by atoms with Crippen molar-refractivity contribution in [2.75, 3.05) is 14.2 Å². The number of ether oxygens (including phenoxy) is 2. The average Bonchev–Trinajstić information content (AvgIpc) is 3.16.